The zero-order valence-electron chi connectivity index (χ0n) is 43.4. The van der Waals surface area contributed by atoms with Crippen molar-refractivity contribution in [3.8, 4) is 0 Å². The van der Waals surface area contributed by atoms with Crippen molar-refractivity contribution >= 4 is 0 Å². The zero-order valence-corrected chi connectivity index (χ0v) is 43.4. The van der Waals surface area contributed by atoms with Gasteiger partial charge in [-0.05, 0) is 303 Å². The van der Waals surface area contributed by atoms with Crippen molar-refractivity contribution in [3.05, 3.63) is 0 Å². The van der Waals surface area contributed by atoms with Crippen molar-refractivity contribution in [1.82, 2.24) is 0 Å². The summed E-state index contributed by atoms with van der Waals surface area (Å²) in [5.41, 5.74) is 3.39. The summed E-state index contributed by atoms with van der Waals surface area (Å²) in [6.45, 7) is 30.2. The molecule has 0 spiro atoms. The van der Waals surface area contributed by atoms with Crippen LogP contribution in [0, 0.1) is 264 Å². The van der Waals surface area contributed by atoms with Crippen LogP contribution in [0.2, 0.25) is 0 Å². The molecule has 358 valence electrons. The van der Waals surface area contributed by atoms with Gasteiger partial charge < -0.3 is 5.11 Å². The SMILES string of the molecule is CCC1C(C)C2(C3CC3C(C)(C(C)C)C3C4C5CC5(C5C(C)C5C(C)CCC5(CC)C(C)C6C(C7C(C)C8C7C7C8C8C7C7C8C8C7C7C8C8C7C7C8C8C7C7(CO)C(C)C87)CC65)C43)CC12. The maximum Gasteiger partial charge on any atom is 0.0495 e. The van der Waals surface area contributed by atoms with E-state index in [0.717, 1.165) is 171 Å². The van der Waals surface area contributed by atoms with Gasteiger partial charge in [0.25, 0.3) is 0 Å². The summed E-state index contributed by atoms with van der Waals surface area (Å²) in [5.74, 6) is 44.4. The molecule has 1 nitrogen and oxygen atoms in total. The predicted molar refractivity (Wildman–Crippen MR) is 258 cm³/mol. The zero-order chi connectivity index (χ0) is 44.0. The maximum atomic E-state index is 10.5. The molecule has 0 heterocycles. The Morgan fingerprint density at radius 2 is 1.15 bits per heavy atom. The average molecular weight is 889 g/mol. The molecule has 20 aliphatic rings. The van der Waals surface area contributed by atoms with E-state index in [4.69, 9.17) is 0 Å². The van der Waals surface area contributed by atoms with Crippen LogP contribution in [-0.4, -0.2) is 11.7 Å². The first-order valence-electron chi connectivity index (χ1n) is 31.4. The highest BCUT2D eigenvalue weighted by atomic mass is 16.3. The van der Waals surface area contributed by atoms with Gasteiger partial charge in [-0.3, -0.25) is 0 Å². The van der Waals surface area contributed by atoms with Crippen LogP contribution in [0.1, 0.15) is 128 Å². The lowest BCUT2D eigenvalue weighted by molar-refractivity contribution is -0.508. The van der Waals surface area contributed by atoms with Gasteiger partial charge in [-0.15, -0.1) is 0 Å². The fourth-order valence-corrected chi connectivity index (χ4v) is 33.4. The summed E-state index contributed by atoms with van der Waals surface area (Å²) in [4.78, 5) is 0. The van der Waals surface area contributed by atoms with Crippen LogP contribution in [0.25, 0.3) is 0 Å². The number of fused-ring (bicyclic) bond motifs is 34. The third kappa shape index (κ3) is 3.14. The Kier molecular flexibility index (Phi) is 6.14. The first-order chi connectivity index (χ1) is 31.8. The van der Waals surface area contributed by atoms with E-state index in [2.05, 4.69) is 76.2 Å². The Bertz CT molecular complexity index is 2320. The summed E-state index contributed by atoms with van der Waals surface area (Å²) >= 11 is 0. The van der Waals surface area contributed by atoms with Gasteiger partial charge in [-0.2, -0.15) is 0 Å². The Hall–Kier alpha value is -0.0400. The molecule has 66 heavy (non-hydrogen) atoms. The van der Waals surface area contributed by atoms with E-state index in [1.165, 1.54) is 89.8 Å². The molecule has 44 atom stereocenters. The summed E-state index contributed by atoms with van der Waals surface area (Å²) in [6.07, 6.45) is 12.6. The highest BCUT2D eigenvalue weighted by Crippen LogP contribution is 3.01. The van der Waals surface area contributed by atoms with Gasteiger partial charge in [0.1, 0.15) is 0 Å². The molecular formula is C65H92O. The van der Waals surface area contributed by atoms with Crippen molar-refractivity contribution < 1.29 is 5.11 Å². The summed E-state index contributed by atoms with van der Waals surface area (Å²) < 4.78 is 0. The van der Waals surface area contributed by atoms with Gasteiger partial charge in [0.05, 0.1) is 0 Å². The smallest absolute Gasteiger partial charge is 0.0495 e. The number of hydrogen-bond donors (Lipinski definition) is 1. The van der Waals surface area contributed by atoms with Crippen LogP contribution in [0.15, 0.2) is 0 Å². The van der Waals surface area contributed by atoms with Gasteiger partial charge in [-0.25, -0.2) is 0 Å². The molecule has 1 N–H and O–H groups in total. The van der Waals surface area contributed by atoms with E-state index < -0.39 is 0 Å². The van der Waals surface area contributed by atoms with Crippen LogP contribution < -0.4 is 0 Å². The van der Waals surface area contributed by atoms with Gasteiger partial charge in [0.2, 0.25) is 0 Å². The van der Waals surface area contributed by atoms with Crippen LogP contribution in [0.4, 0.5) is 0 Å². The largest absolute Gasteiger partial charge is 0.396 e. The Balaban J connectivity index is 0.479. The van der Waals surface area contributed by atoms with E-state index in [-0.39, 0.29) is 0 Å². The van der Waals surface area contributed by atoms with Crippen molar-refractivity contribution in [3.63, 3.8) is 0 Å². The van der Waals surface area contributed by atoms with E-state index in [1.54, 1.807) is 38.5 Å². The van der Waals surface area contributed by atoms with Crippen LogP contribution in [0.3, 0.4) is 0 Å². The summed E-state index contributed by atoms with van der Waals surface area (Å²) in [5, 5.41) is 10.5. The number of aliphatic hydroxyl groups is 1. The maximum absolute atomic E-state index is 10.5. The third-order valence-corrected chi connectivity index (χ3v) is 35.7. The molecule has 0 saturated heterocycles. The molecule has 0 amide bonds. The van der Waals surface area contributed by atoms with E-state index in [0.29, 0.717) is 22.9 Å². The minimum Gasteiger partial charge on any atom is -0.396 e. The fourth-order valence-electron chi connectivity index (χ4n) is 33.4. The molecule has 0 aromatic heterocycles. The van der Waals surface area contributed by atoms with E-state index in [9.17, 15) is 5.11 Å². The van der Waals surface area contributed by atoms with Crippen molar-refractivity contribution in [2.75, 3.05) is 6.61 Å². The molecule has 20 rings (SSSR count). The Morgan fingerprint density at radius 1 is 0.545 bits per heavy atom. The van der Waals surface area contributed by atoms with Gasteiger partial charge in [0, 0.05) is 12.0 Å². The van der Waals surface area contributed by atoms with Crippen LogP contribution in [0.5, 0.6) is 0 Å². The molecule has 20 fully saturated rings. The molecule has 20 saturated carbocycles. The second-order valence-corrected chi connectivity index (χ2v) is 33.6. The quantitative estimate of drug-likeness (QED) is 0.183. The predicted octanol–water partition coefficient (Wildman–Crippen LogP) is 13.2. The molecule has 44 unspecified atom stereocenters. The summed E-state index contributed by atoms with van der Waals surface area (Å²) in [6, 6.07) is 0. The topological polar surface area (TPSA) is 20.2 Å². The number of rotatable bonds is 13. The van der Waals surface area contributed by atoms with Crippen LogP contribution >= 0.6 is 0 Å². The van der Waals surface area contributed by atoms with E-state index in [1.807, 2.05) is 0 Å². The Morgan fingerprint density at radius 3 is 1.74 bits per heavy atom. The molecule has 0 aromatic carbocycles. The standard InChI is InChI=1S/C65H92O/c1-12-28-25(8)63(18-33(28)63)31-17-30(31)61(11,21(3)4)59-39-34-19-64(34,60(39)59)56-24(7)35(56)22(5)14-15-62(13-2)26(9)38-29(16-32(38)62)36-23(6)37-40(36)42-41(37)43-44(42)46-45(43)47-48(46)50-49(47)51-52(50)54-53(51)55-57-27(10)65(57,20-66)58(54)55/h21-60,66H,12-20H2,1-11H3. The molecule has 0 aromatic rings. The minimum absolute atomic E-state index is 0.433. The lowest BCUT2D eigenvalue weighted by Crippen LogP contribution is -2.94. The highest BCUT2D eigenvalue weighted by Gasteiger charge is 2.98. The fraction of sp³-hybridized carbons (Fsp3) is 1.00. The first-order valence-corrected chi connectivity index (χ1v) is 31.4. The molecule has 1 heteroatoms. The summed E-state index contributed by atoms with van der Waals surface area (Å²) in [7, 11) is 0. The van der Waals surface area contributed by atoms with Crippen LogP contribution in [-0.2, 0) is 0 Å². The molecule has 0 aliphatic heterocycles. The average Bonchev–Trinajstić information content (AvgIpc) is 3.99. The third-order valence-electron chi connectivity index (χ3n) is 35.7. The van der Waals surface area contributed by atoms with Crippen molar-refractivity contribution in [1.29, 1.82) is 0 Å². The van der Waals surface area contributed by atoms with Crippen molar-refractivity contribution in [2.24, 2.45) is 264 Å². The first kappa shape index (κ1) is 38.6. The number of aliphatic hydroxyl groups excluding tert-OH is 1. The second kappa shape index (κ2) is 10.5. The van der Waals surface area contributed by atoms with Gasteiger partial charge in [-0.1, -0.05) is 82.6 Å². The molecule has 0 radical (unpaired) electrons. The monoisotopic (exact) mass is 889 g/mol. The lowest BCUT2D eigenvalue weighted by Gasteiger charge is -2.97. The Labute approximate surface area is 401 Å². The lowest BCUT2D eigenvalue weighted by atomic mass is 9.07. The molecule has 0 bridgehead atoms. The molecular weight excluding hydrogens is 797 g/mol. The normalized spacial score (nSPS) is 79.4. The highest BCUT2D eigenvalue weighted by molar-refractivity contribution is 5.45. The number of hydrogen-bond acceptors (Lipinski definition) is 1. The van der Waals surface area contributed by atoms with Gasteiger partial charge >= 0.3 is 0 Å². The minimum atomic E-state index is 0.433. The second-order valence-electron chi connectivity index (χ2n) is 33.6. The molecule has 20 aliphatic carbocycles. The van der Waals surface area contributed by atoms with E-state index >= 15 is 0 Å². The van der Waals surface area contributed by atoms with Crippen molar-refractivity contribution in [2.45, 2.75) is 128 Å². The van der Waals surface area contributed by atoms with Gasteiger partial charge in [0.15, 0.2) is 0 Å².